The van der Waals surface area contributed by atoms with Gasteiger partial charge < -0.3 is 19.7 Å². The van der Waals surface area contributed by atoms with Crippen molar-refractivity contribution in [2.45, 2.75) is 45.8 Å². The summed E-state index contributed by atoms with van der Waals surface area (Å²) in [7, 11) is 0. The average Bonchev–Trinajstić information content (AvgIpc) is 3.03. The maximum atomic E-state index is 12.7. The monoisotopic (exact) mass is 479 g/mol. The Labute approximate surface area is 203 Å². The Kier molecular flexibility index (Phi) is 6.77. The van der Waals surface area contributed by atoms with Crippen molar-refractivity contribution in [3.8, 4) is 5.75 Å². The third-order valence-corrected chi connectivity index (χ3v) is 6.00. The zero-order chi connectivity index (χ0) is 25.2. The number of carbonyl (C=O) groups is 2. The Morgan fingerprint density at radius 1 is 1.11 bits per heavy atom. The summed E-state index contributed by atoms with van der Waals surface area (Å²) in [4.78, 5) is 37.0. The molecule has 35 heavy (non-hydrogen) atoms. The van der Waals surface area contributed by atoms with Crippen molar-refractivity contribution >= 4 is 23.3 Å². The van der Waals surface area contributed by atoms with E-state index in [4.69, 9.17) is 9.47 Å². The maximum absolute atomic E-state index is 12.7. The minimum Gasteiger partial charge on any atom is -0.489 e. The van der Waals surface area contributed by atoms with E-state index in [0.717, 1.165) is 22.3 Å². The van der Waals surface area contributed by atoms with Gasteiger partial charge in [0.1, 0.15) is 18.0 Å². The molecule has 0 aromatic heterocycles. The van der Waals surface area contributed by atoms with Crippen LogP contribution in [0.1, 0.15) is 55.1 Å². The lowest BCUT2D eigenvalue weighted by Crippen LogP contribution is -2.37. The van der Waals surface area contributed by atoms with Gasteiger partial charge in [0.05, 0.1) is 4.92 Å². The molecule has 0 radical (unpaired) electrons. The molecule has 4 rings (SSSR count). The number of benzene rings is 2. The highest BCUT2D eigenvalue weighted by Gasteiger charge is 2.26. The number of nitrogens with zero attached hydrogens (tertiary/aromatic N) is 2. The minimum atomic E-state index is -0.593. The normalized spacial score (nSPS) is 15.9. The van der Waals surface area contributed by atoms with Gasteiger partial charge in [-0.1, -0.05) is 6.07 Å². The summed E-state index contributed by atoms with van der Waals surface area (Å²) in [6, 6.07) is 11.9. The van der Waals surface area contributed by atoms with E-state index in [1.54, 1.807) is 23.1 Å². The first-order chi connectivity index (χ1) is 16.6. The van der Waals surface area contributed by atoms with Gasteiger partial charge >= 0.3 is 6.09 Å². The highest BCUT2D eigenvalue weighted by molar-refractivity contribution is 5.98. The van der Waals surface area contributed by atoms with E-state index in [1.807, 2.05) is 32.9 Å². The Bertz CT molecular complexity index is 1180. The molecule has 9 heteroatoms. The van der Waals surface area contributed by atoms with Gasteiger partial charge in [0.2, 0.25) is 0 Å². The summed E-state index contributed by atoms with van der Waals surface area (Å²) in [6.45, 7) is 7.22. The fourth-order valence-electron chi connectivity index (χ4n) is 4.21. The second-order valence-electron chi connectivity index (χ2n) is 9.64. The molecule has 9 nitrogen and oxygen atoms in total. The number of rotatable bonds is 5. The van der Waals surface area contributed by atoms with Crippen molar-refractivity contribution in [2.24, 2.45) is 0 Å². The Morgan fingerprint density at radius 2 is 1.83 bits per heavy atom. The minimum absolute atomic E-state index is 0.0209. The molecule has 0 atom stereocenters. The number of non-ortho nitro benzene ring substituents is 1. The highest BCUT2D eigenvalue weighted by atomic mass is 16.6. The Morgan fingerprint density at radius 3 is 2.51 bits per heavy atom. The molecule has 0 saturated heterocycles. The number of amides is 2. The van der Waals surface area contributed by atoms with Crippen LogP contribution in [0.2, 0.25) is 0 Å². The van der Waals surface area contributed by atoms with Gasteiger partial charge in [0.15, 0.2) is 0 Å². The van der Waals surface area contributed by atoms with Gasteiger partial charge in [0, 0.05) is 37.3 Å². The van der Waals surface area contributed by atoms with Gasteiger partial charge in [-0.2, -0.15) is 0 Å². The van der Waals surface area contributed by atoms with Crippen LogP contribution in [0.15, 0.2) is 48.0 Å². The molecule has 0 bridgehead atoms. The van der Waals surface area contributed by atoms with E-state index in [2.05, 4.69) is 5.32 Å². The molecule has 2 aliphatic rings. The van der Waals surface area contributed by atoms with Gasteiger partial charge in [0.25, 0.3) is 11.6 Å². The number of hydrogen-bond acceptors (Lipinski definition) is 6. The lowest BCUT2D eigenvalue weighted by atomic mass is 9.96. The van der Waals surface area contributed by atoms with Crippen molar-refractivity contribution in [1.29, 1.82) is 0 Å². The fourth-order valence-corrected chi connectivity index (χ4v) is 4.21. The molecule has 184 valence electrons. The second kappa shape index (κ2) is 9.77. The van der Waals surface area contributed by atoms with Crippen LogP contribution in [0, 0.1) is 10.1 Å². The molecule has 1 N–H and O–H groups in total. The third-order valence-electron chi connectivity index (χ3n) is 6.00. The molecule has 2 aromatic carbocycles. The summed E-state index contributed by atoms with van der Waals surface area (Å²) >= 11 is 0. The zero-order valence-electron chi connectivity index (χ0n) is 20.1. The van der Waals surface area contributed by atoms with E-state index in [9.17, 15) is 19.7 Å². The molecule has 2 aromatic rings. The lowest BCUT2D eigenvalue weighted by Gasteiger charge is -2.26. The van der Waals surface area contributed by atoms with E-state index >= 15 is 0 Å². The number of ether oxygens (including phenoxy) is 2. The number of nitro groups is 1. The molecule has 0 spiro atoms. The first-order valence-corrected chi connectivity index (χ1v) is 11.6. The van der Waals surface area contributed by atoms with Crippen molar-refractivity contribution in [3.63, 3.8) is 0 Å². The van der Waals surface area contributed by atoms with Crippen molar-refractivity contribution in [1.82, 2.24) is 10.2 Å². The number of nitrogens with one attached hydrogen (secondary N) is 1. The van der Waals surface area contributed by atoms with Crippen LogP contribution in [-0.2, 0) is 11.3 Å². The molecule has 2 amide bonds. The fraction of sp³-hybridized carbons (Fsp3) is 0.385. The molecular weight excluding hydrogens is 450 g/mol. The third kappa shape index (κ3) is 5.79. The topological polar surface area (TPSA) is 111 Å². The standard InChI is InChI=1S/C26H29N3O6/c1-26(2,3)35-25(31)28-12-10-19(16-34-21-9-6-18-15-27-24(30)23(18)14-21)22(11-13-28)17-4-7-20(8-5-17)29(32)33/h4-9,14H,10-13,15-16H2,1-3H3,(H,27,30). The van der Waals surface area contributed by atoms with Crippen molar-refractivity contribution in [2.75, 3.05) is 19.7 Å². The summed E-state index contributed by atoms with van der Waals surface area (Å²) in [5.74, 6) is 0.475. The number of fused-ring (bicyclic) bond motifs is 1. The van der Waals surface area contributed by atoms with Crippen LogP contribution in [-0.4, -0.2) is 47.1 Å². The summed E-state index contributed by atoms with van der Waals surface area (Å²) in [5.41, 5.74) is 3.82. The van der Waals surface area contributed by atoms with Crippen LogP contribution < -0.4 is 10.1 Å². The highest BCUT2D eigenvalue weighted by Crippen LogP contribution is 2.31. The van der Waals surface area contributed by atoms with Crippen LogP contribution in [0.5, 0.6) is 5.75 Å². The Balaban J connectivity index is 1.57. The summed E-state index contributed by atoms with van der Waals surface area (Å²) in [5, 5.41) is 13.9. The molecule has 2 heterocycles. The van der Waals surface area contributed by atoms with E-state index in [1.165, 1.54) is 12.1 Å². The predicted octanol–water partition coefficient (Wildman–Crippen LogP) is 4.70. The smallest absolute Gasteiger partial charge is 0.410 e. The van der Waals surface area contributed by atoms with Crippen LogP contribution >= 0.6 is 0 Å². The maximum Gasteiger partial charge on any atom is 0.410 e. The first kappa shape index (κ1) is 24.3. The Hall–Kier alpha value is -3.88. The van der Waals surface area contributed by atoms with Crippen LogP contribution in [0.25, 0.3) is 5.57 Å². The van der Waals surface area contributed by atoms with E-state index in [0.29, 0.717) is 43.8 Å². The van der Waals surface area contributed by atoms with Gasteiger partial charge in [-0.15, -0.1) is 0 Å². The van der Waals surface area contributed by atoms with E-state index < -0.39 is 10.5 Å². The molecule has 0 fully saturated rings. The largest absolute Gasteiger partial charge is 0.489 e. The first-order valence-electron chi connectivity index (χ1n) is 11.6. The van der Waals surface area contributed by atoms with Crippen molar-refractivity contribution < 1.29 is 24.0 Å². The van der Waals surface area contributed by atoms with Gasteiger partial charge in [-0.3, -0.25) is 14.9 Å². The number of hydrogen-bond donors (Lipinski definition) is 1. The zero-order valence-corrected chi connectivity index (χ0v) is 20.1. The van der Waals surface area contributed by atoms with Crippen LogP contribution in [0.3, 0.4) is 0 Å². The quantitative estimate of drug-likeness (QED) is 0.491. The lowest BCUT2D eigenvalue weighted by molar-refractivity contribution is -0.384. The molecule has 2 aliphatic heterocycles. The molecule has 0 unspecified atom stereocenters. The van der Waals surface area contributed by atoms with Crippen molar-refractivity contribution in [3.05, 3.63) is 74.8 Å². The van der Waals surface area contributed by atoms with E-state index in [-0.39, 0.29) is 24.3 Å². The summed E-state index contributed by atoms with van der Waals surface area (Å²) < 4.78 is 11.6. The van der Waals surface area contributed by atoms with Gasteiger partial charge in [-0.25, -0.2) is 4.79 Å². The molecular formula is C26H29N3O6. The number of carbonyl (C=O) groups excluding carboxylic acids is 2. The summed E-state index contributed by atoms with van der Waals surface area (Å²) in [6.07, 6.45) is 0.756. The average molecular weight is 480 g/mol. The number of nitro benzene ring substituents is 1. The predicted molar refractivity (Wildman–Crippen MR) is 130 cm³/mol. The second-order valence-corrected chi connectivity index (χ2v) is 9.64. The molecule has 0 saturated carbocycles. The van der Waals surface area contributed by atoms with Crippen LogP contribution in [0.4, 0.5) is 10.5 Å². The SMILES string of the molecule is CC(C)(C)OC(=O)N1CCC(COc2ccc3c(c2)C(=O)NC3)=C(c2ccc([N+](=O)[O-])cc2)CC1. The van der Waals surface area contributed by atoms with Gasteiger partial charge in [-0.05, 0) is 80.2 Å². The molecule has 0 aliphatic carbocycles.